The maximum absolute atomic E-state index is 13.1. The lowest BCUT2D eigenvalue weighted by Gasteiger charge is -2.27. The van der Waals surface area contributed by atoms with Gasteiger partial charge in [0.2, 0.25) is 5.75 Å². The number of rotatable bonds is 2. The number of fused-ring (bicyclic) bond motifs is 1. The average Bonchev–Trinajstić information content (AvgIpc) is 2.58. The van der Waals surface area contributed by atoms with Crippen LogP contribution >= 0.6 is 0 Å². The number of pyridine rings is 1. The highest BCUT2D eigenvalue weighted by atomic mass is 19.4. The molecule has 2 N–H and O–H groups in total. The summed E-state index contributed by atoms with van der Waals surface area (Å²) < 4.78 is 50.9. The Morgan fingerprint density at radius 3 is 2.54 bits per heavy atom. The molecule has 2 aromatic rings. The van der Waals surface area contributed by atoms with Crippen molar-refractivity contribution in [1.82, 2.24) is 4.57 Å². The molecule has 0 unspecified atom stereocenters. The van der Waals surface area contributed by atoms with Crippen LogP contribution < -0.4 is 16.0 Å². The quantitative estimate of drug-likeness (QED) is 0.822. The van der Waals surface area contributed by atoms with Crippen molar-refractivity contribution in [3.05, 3.63) is 34.1 Å². The molecule has 2 heterocycles. The van der Waals surface area contributed by atoms with Crippen LogP contribution in [0.2, 0.25) is 0 Å². The number of esters is 1. The van der Waals surface area contributed by atoms with Gasteiger partial charge in [0.05, 0.1) is 16.8 Å². The maximum Gasteiger partial charge on any atom is 0.416 e. The highest BCUT2D eigenvalue weighted by Gasteiger charge is 2.32. The van der Waals surface area contributed by atoms with Crippen molar-refractivity contribution in [2.24, 2.45) is 0 Å². The van der Waals surface area contributed by atoms with E-state index in [2.05, 4.69) is 0 Å². The fraction of sp³-hybridized carbons (Fsp3) is 0.412. The molecule has 9 heteroatoms. The van der Waals surface area contributed by atoms with E-state index in [1.807, 2.05) is 0 Å². The number of hydrogen-bond acceptors (Lipinski definition) is 5. The Labute approximate surface area is 146 Å². The van der Waals surface area contributed by atoms with Gasteiger partial charge in [0.25, 0.3) is 5.56 Å². The molecule has 3 rings (SSSR count). The Bertz CT molecular complexity index is 915. The summed E-state index contributed by atoms with van der Waals surface area (Å²) in [6, 6.07) is 2.60. The zero-order chi connectivity index (χ0) is 19.1. The molecule has 1 aliphatic heterocycles. The number of nitrogens with zero attached hydrogens (tertiary/aromatic N) is 1. The zero-order valence-electron chi connectivity index (χ0n) is 13.9. The first-order valence-electron chi connectivity index (χ1n) is 8.01. The van der Waals surface area contributed by atoms with E-state index < -0.39 is 23.3 Å². The molecule has 0 bridgehead atoms. The van der Waals surface area contributed by atoms with Crippen LogP contribution in [0.5, 0.6) is 5.75 Å². The van der Waals surface area contributed by atoms with E-state index >= 15 is 0 Å². The van der Waals surface area contributed by atoms with E-state index in [1.165, 1.54) is 10.6 Å². The lowest BCUT2D eigenvalue weighted by Crippen LogP contribution is -2.31. The Morgan fingerprint density at radius 2 is 1.96 bits per heavy atom. The minimum Gasteiger partial charge on any atom is -0.419 e. The summed E-state index contributed by atoms with van der Waals surface area (Å²) in [5.74, 6) is -1.10. The van der Waals surface area contributed by atoms with Crippen molar-refractivity contribution in [2.75, 3.05) is 18.9 Å². The molecule has 0 spiro atoms. The Kier molecular flexibility index (Phi) is 4.66. The summed E-state index contributed by atoms with van der Waals surface area (Å²) in [5, 5.41) is 0.223. The largest absolute Gasteiger partial charge is 0.419 e. The van der Waals surface area contributed by atoms with Gasteiger partial charge in [-0.15, -0.1) is 0 Å². The predicted molar refractivity (Wildman–Crippen MR) is 88.0 cm³/mol. The van der Waals surface area contributed by atoms with Gasteiger partial charge in [-0.05, 0) is 25.0 Å². The average molecular weight is 370 g/mol. The smallest absolute Gasteiger partial charge is 0.416 e. The number of aromatic nitrogens is 1. The molecular formula is C17H17F3N2O4. The fourth-order valence-corrected chi connectivity index (χ4v) is 3.14. The minimum atomic E-state index is -4.56. The van der Waals surface area contributed by atoms with E-state index in [4.69, 9.17) is 15.2 Å². The first kappa shape index (κ1) is 18.2. The molecule has 26 heavy (non-hydrogen) atoms. The monoisotopic (exact) mass is 370 g/mol. The number of nitrogen functional groups attached to an aromatic ring is 1. The van der Waals surface area contributed by atoms with Gasteiger partial charge in [-0.1, -0.05) is 6.07 Å². The van der Waals surface area contributed by atoms with Crippen molar-refractivity contribution in [3.8, 4) is 5.75 Å². The van der Waals surface area contributed by atoms with Crippen LogP contribution in [0.4, 0.5) is 18.9 Å². The zero-order valence-corrected chi connectivity index (χ0v) is 13.9. The molecular weight excluding hydrogens is 353 g/mol. The summed E-state index contributed by atoms with van der Waals surface area (Å²) in [6.45, 7) is 1.88. The first-order chi connectivity index (χ1) is 12.2. The van der Waals surface area contributed by atoms with Crippen LogP contribution in [-0.2, 0) is 15.7 Å². The molecule has 0 radical (unpaired) electrons. The predicted octanol–water partition coefficient (Wildman–Crippen LogP) is 2.88. The van der Waals surface area contributed by atoms with Gasteiger partial charge in [0, 0.05) is 31.6 Å². The fourth-order valence-electron chi connectivity index (χ4n) is 3.14. The number of benzene rings is 1. The second-order valence-corrected chi connectivity index (χ2v) is 6.08. The van der Waals surface area contributed by atoms with E-state index in [0.29, 0.717) is 26.1 Å². The molecule has 1 fully saturated rings. The lowest BCUT2D eigenvalue weighted by molar-refractivity contribution is -0.137. The van der Waals surface area contributed by atoms with Gasteiger partial charge < -0.3 is 19.8 Å². The van der Waals surface area contributed by atoms with Crippen LogP contribution in [0.1, 0.15) is 31.4 Å². The second-order valence-electron chi connectivity index (χ2n) is 6.08. The molecule has 1 aromatic carbocycles. The van der Waals surface area contributed by atoms with Gasteiger partial charge in [0.15, 0.2) is 0 Å². The third-order valence-electron chi connectivity index (χ3n) is 4.33. The van der Waals surface area contributed by atoms with E-state index in [0.717, 1.165) is 19.1 Å². The minimum absolute atomic E-state index is 0.0603. The topological polar surface area (TPSA) is 83.6 Å². The van der Waals surface area contributed by atoms with Crippen LogP contribution in [0.25, 0.3) is 10.9 Å². The lowest BCUT2D eigenvalue weighted by atomic mass is 10.0. The summed E-state index contributed by atoms with van der Waals surface area (Å²) in [7, 11) is 0. The Morgan fingerprint density at radius 1 is 1.31 bits per heavy atom. The number of ether oxygens (including phenoxy) is 2. The molecule has 0 amide bonds. The van der Waals surface area contributed by atoms with Gasteiger partial charge >= 0.3 is 12.1 Å². The van der Waals surface area contributed by atoms with E-state index in [-0.39, 0.29) is 28.4 Å². The molecule has 0 saturated carbocycles. The van der Waals surface area contributed by atoms with Crippen molar-refractivity contribution < 1.29 is 27.4 Å². The summed E-state index contributed by atoms with van der Waals surface area (Å²) >= 11 is 0. The molecule has 140 valence electrons. The molecule has 1 aliphatic rings. The molecule has 1 saturated heterocycles. The standard InChI is InChI=1S/C17H17F3N2O4/c1-9(23)26-15-14(21)12-3-2-10(17(18,19)20)8-13(12)22(16(15)24)11-4-6-25-7-5-11/h2-3,8,11H,4-7,21H2,1H3. The van der Waals surface area contributed by atoms with Crippen molar-refractivity contribution in [3.63, 3.8) is 0 Å². The van der Waals surface area contributed by atoms with Crippen LogP contribution in [-0.4, -0.2) is 23.8 Å². The van der Waals surface area contributed by atoms with Crippen LogP contribution in [0.3, 0.4) is 0 Å². The normalized spacial score (nSPS) is 16.0. The third kappa shape index (κ3) is 3.26. The highest BCUT2D eigenvalue weighted by molar-refractivity contribution is 5.94. The van der Waals surface area contributed by atoms with E-state index in [9.17, 15) is 22.8 Å². The molecule has 0 aliphatic carbocycles. The van der Waals surface area contributed by atoms with Crippen molar-refractivity contribution in [2.45, 2.75) is 32.0 Å². The molecule has 6 nitrogen and oxygen atoms in total. The number of carbonyl (C=O) groups is 1. The maximum atomic E-state index is 13.1. The van der Waals surface area contributed by atoms with Crippen molar-refractivity contribution >= 4 is 22.6 Å². The van der Waals surface area contributed by atoms with Gasteiger partial charge in [0.1, 0.15) is 0 Å². The second kappa shape index (κ2) is 6.64. The molecule has 0 atom stereocenters. The third-order valence-corrected chi connectivity index (χ3v) is 4.33. The summed E-state index contributed by atoms with van der Waals surface area (Å²) in [6.07, 6.45) is -3.66. The summed E-state index contributed by atoms with van der Waals surface area (Å²) in [5.41, 5.74) is 4.22. The highest BCUT2D eigenvalue weighted by Crippen LogP contribution is 2.36. The Hall–Kier alpha value is -2.55. The van der Waals surface area contributed by atoms with Gasteiger partial charge in [-0.3, -0.25) is 9.59 Å². The van der Waals surface area contributed by atoms with Crippen LogP contribution in [0.15, 0.2) is 23.0 Å². The number of halogens is 3. The number of hydrogen-bond donors (Lipinski definition) is 1. The first-order valence-corrected chi connectivity index (χ1v) is 8.01. The number of anilines is 1. The van der Waals surface area contributed by atoms with E-state index in [1.54, 1.807) is 0 Å². The summed E-state index contributed by atoms with van der Waals surface area (Å²) in [4.78, 5) is 24.2. The van der Waals surface area contributed by atoms with Gasteiger partial charge in [-0.2, -0.15) is 13.2 Å². The Balaban J connectivity index is 2.33. The van der Waals surface area contributed by atoms with Gasteiger partial charge in [-0.25, -0.2) is 0 Å². The number of alkyl halides is 3. The number of carbonyl (C=O) groups excluding carboxylic acids is 1. The molecule has 1 aromatic heterocycles. The number of nitrogens with two attached hydrogens (primary N) is 1. The van der Waals surface area contributed by atoms with Crippen molar-refractivity contribution in [1.29, 1.82) is 0 Å². The van der Waals surface area contributed by atoms with Crippen LogP contribution in [0, 0.1) is 0 Å². The SMILES string of the molecule is CC(=O)Oc1c(N)c2ccc(C(F)(F)F)cc2n(C2CCOCC2)c1=O.